The first-order valence-corrected chi connectivity index (χ1v) is 9.50. The predicted octanol–water partition coefficient (Wildman–Crippen LogP) is 3.46. The summed E-state index contributed by atoms with van der Waals surface area (Å²) in [6.07, 6.45) is 0.751. The molecule has 4 rings (SSSR count). The van der Waals surface area contributed by atoms with Crippen molar-refractivity contribution in [3.8, 4) is 0 Å². The van der Waals surface area contributed by atoms with Crippen LogP contribution in [0.25, 0.3) is 0 Å². The first-order chi connectivity index (χ1) is 14.1. The Hall–Kier alpha value is -3.73. The highest BCUT2D eigenvalue weighted by atomic mass is 16.2. The summed E-state index contributed by atoms with van der Waals surface area (Å²) in [7, 11) is 0. The van der Waals surface area contributed by atoms with Gasteiger partial charge in [-0.25, -0.2) is 0 Å². The highest BCUT2D eigenvalue weighted by Crippen LogP contribution is 2.24. The summed E-state index contributed by atoms with van der Waals surface area (Å²) in [6.45, 7) is 0.670. The van der Waals surface area contributed by atoms with Crippen LogP contribution in [0.2, 0.25) is 0 Å². The molecule has 0 aromatic heterocycles. The van der Waals surface area contributed by atoms with Crippen LogP contribution in [-0.4, -0.2) is 29.2 Å². The van der Waals surface area contributed by atoms with Gasteiger partial charge in [0.1, 0.15) is 0 Å². The number of nitrogens with one attached hydrogen (secondary N) is 1. The minimum atomic E-state index is -0.302. The smallest absolute Gasteiger partial charge is 0.261 e. The van der Waals surface area contributed by atoms with Crippen molar-refractivity contribution < 1.29 is 14.4 Å². The summed E-state index contributed by atoms with van der Waals surface area (Å²) in [6, 6.07) is 23.8. The molecule has 1 heterocycles. The van der Waals surface area contributed by atoms with E-state index in [1.54, 1.807) is 42.5 Å². The van der Waals surface area contributed by atoms with E-state index < -0.39 is 0 Å². The second-order valence-corrected chi connectivity index (χ2v) is 6.93. The van der Waals surface area contributed by atoms with Crippen molar-refractivity contribution in [3.63, 3.8) is 0 Å². The minimum Gasteiger partial charge on any atom is -0.352 e. The van der Waals surface area contributed by atoms with Crippen LogP contribution < -0.4 is 5.32 Å². The number of benzene rings is 3. The van der Waals surface area contributed by atoms with Gasteiger partial charge in [0, 0.05) is 12.1 Å². The maximum absolute atomic E-state index is 12.5. The largest absolute Gasteiger partial charge is 0.352 e. The van der Waals surface area contributed by atoms with E-state index in [0.717, 1.165) is 17.5 Å². The molecule has 1 N–H and O–H groups in total. The Morgan fingerprint density at radius 3 is 2.07 bits per heavy atom. The van der Waals surface area contributed by atoms with Gasteiger partial charge < -0.3 is 5.32 Å². The van der Waals surface area contributed by atoms with Crippen LogP contribution in [0.15, 0.2) is 78.9 Å². The quantitative estimate of drug-likeness (QED) is 0.662. The van der Waals surface area contributed by atoms with Crippen molar-refractivity contribution in [2.75, 3.05) is 6.54 Å². The van der Waals surface area contributed by atoms with Gasteiger partial charge in [0.05, 0.1) is 17.7 Å². The fourth-order valence-electron chi connectivity index (χ4n) is 3.44. The Labute approximate surface area is 169 Å². The summed E-state index contributed by atoms with van der Waals surface area (Å²) in [5.74, 6) is -0.781. The zero-order valence-corrected chi connectivity index (χ0v) is 15.8. The molecule has 5 heteroatoms. The van der Waals surface area contributed by atoms with Gasteiger partial charge in [-0.1, -0.05) is 54.6 Å². The monoisotopic (exact) mass is 384 g/mol. The topological polar surface area (TPSA) is 66.5 Å². The van der Waals surface area contributed by atoms with Crippen LogP contribution in [-0.2, 0) is 13.0 Å². The van der Waals surface area contributed by atoms with Crippen molar-refractivity contribution in [2.24, 2.45) is 0 Å². The molecule has 3 aromatic rings. The summed E-state index contributed by atoms with van der Waals surface area (Å²) in [5.41, 5.74) is 3.24. The number of imide groups is 1. The molecule has 0 aliphatic carbocycles. The number of nitrogens with zero attached hydrogens (tertiary/aromatic N) is 1. The fourth-order valence-corrected chi connectivity index (χ4v) is 3.44. The van der Waals surface area contributed by atoms with E-state index in [9.17, 15) is 14.4 Å². The lowest BCUT2D eigenvalue weighted by atomic mass is 10.1. The Balaban J connectivity index is 1.41. The zero-order valence-electron chi connectivity index (χ0n) is 15.8. The van der Waals surface area contributed by atoms with Crippen molar-refractivity contribution in [1.82, 2.24) is 10.2 Å². The number of fused-ring (bicyclic) bond motifs is 1. The molecule has 0 saturated carbocycles. The van der Waals surface area contributed by atoms with E-state index in [1.165, 1.54) is 4.90 Å². The SMILES string of the molecule is O=C(NCCc1ccccc1)c1cccc(CN2C(=O)c3ccccc3C2=O)c1. The number of rotatable bonds is 6. The molecule has 0 fully saturated rings. The van der Waals surface area contributed by atoms with Crippen LogP contribution in [0.1, 0.15) is 42.2 Å². The number of carbonyl (C=O) groups excluding carboxylic acids is 3. The van der Waals surface area contributed by atoms with E-state index in [1.807, 2.05) is 36.4 Å². The maximum Gasteiger partial charge on any atom is 0.261 e. The lowest BCUT2D eigenvalue weighted by molar-refractivity contribution is 0.0642. The van der Waals surface area contributed by atoms with Crippen LogP contribution >= 0.6 is 0 Å². The van der Waals surface area contributed by atoms with Gasteiger partial charge in [0.25, 0.3) is 17.7 Å². The van der Waals surface area contributed by atoms with E-state index in [4.69, 9.17) is 0 Å². The first kappa shape index (κ1) is 18.6. The van der Waals surface area contributed by atoms with Crippen LogP contribution in [0, 0.1) is 0 Å². The molecule has 1 aliphatic rings. The second-order valence-electron chi connectivity index (χ2n) is 6.93. The summed E-state index contributed by atoms with van der Waals surface area (Å²) in [4.78, 5) is 38.8. The molecular formula is C24H20N2O3. The molecule has 144 valence electrons. The standard InChI is InChI=1S/C24H20N2O3/c27-22(25-14-13-17-7-2-1-3-8-17)19-10-6-9-18(15-19)16-26-23(28)20-11-4-5-12-21(20)24(26)29/h1-12,15H,13-14,16H2,(H,25,27). The van der Waals surface area contributed by atoms with Crippen LogP contribution in [0.5, 0.6) is 0 Å². The molecule has 3 aromatic carbocycles. The Bertz CT molecular complexity index is 1040. The summed E-state index contributed by atoms with van der Waals surface area (Å²) < 4.78 is 0. The molecular weight excluding hydrogens is 364 g/mol. The average molecular weight is 384 g/mol. The van der Waals surface area contributed by atoms with Crippen molar-refractivity contribution in [1.29, 1.82) is 0 Å². The third kappa shape index (κ3) is 3.94. The third-order valence-electron chi connectivity index (χ3n) is 4.95. The maximum atomic E-state index is 12.5. The van der Waals surface area contributed by atoms with Crippen molar-refractivity contribution in [3.05, 3.63) is 107 Å². The number of amides is 3. The molecule has 0 spiro atoms. The summed E-state index contributed by atoms with van der Waals surface area (Å²) >= 11 is 0. The lowest BCUT2D eigenvalue weighted by Gasteiger charge is -2.14. The molecule has 0 atom stereocenters. The molecule has 0 saturated heterocycles. The van der Waals surface area contributed by atoms with Crippen molar-refractivity contribution >= 4 is 17.7 Å². The van der Waals surface area contributed by atoms with E-state index in [2.05, 4.69) is 5.32 Å². The van der Waals surface area contributed by atoms with Crippen LogP contribution in [0.4, 0.5) is 0 Å². The molecule has 3 amide bonds. The molecule has 0 unspecified atom stereocenters. The van der Waals surface area contributed by atoms with Gasteiger partial charge in [0.2, 0.25) is 0 Å². The van der Waals surface area contributed by atoms with Crippen LogP contribution in [0.3, 0.4) is 0 Å². The normalized spacial score (nSPS) is 12.8. The Kier molecular flexibility index (Phi) is 5.20. The van der Waals surface area contributed by atoms with Gasteiger partial charge in [-0.05, 0) is 41.8 Å². The van der Waals surface area contributed by atoms with Crippen molar-refractivity contribution in [2.45, 2.75) is 13.0 Å². The van der Waals surface area contributed by atoms with E-state index >= 15 is 0 Å². The molecule has 0 bridgehead atoms. The minimum absolute atomic E-state index is 0.136. The van der Waals surface area contributed by atoms with Gasteiger partial charge >= 0.3 is 0 Å². The zero-order chi connectivity index (χ0) is 20.2. The highest BCUT2D eigenvalue weighted by molar-refractivity contribution is 6.21. The van der Waals surface area contributed by atoms with E-state index in [-0.39, 0.29) is 24.3 Å². The highest BCUT2D eigenvalue weighted by Gasteiger charge is 2.34. The second kappa shape index (κ2) is 8.10. The predicted molar refractivity (Wildman–Crippen MR) is 110 cm³/mol. The third-order valence-corrected chi connectivity index (χ3v) is 4.95. The number of hydrogen-bond donors (Lipinski definition) is 1. The van der Waals surface area contributed by atoms with Gasteiger partial charge in [0.15, 0.2) is 0 Å². The molecule has 29 heavy (non-hydrogen) atoms. The van der Waals surface area contributed by atoms with Gasteiger partial charge in [-0.15, -0.1) is 0 Å². The fraction of sp³-hybridized carbons (Fsp3) is 0.125. The number of carbonyl (C=O) groups is 3. The molecule has 5 nitrogen and oxygen atoms in total. The molecule has 0 radical (unpaired) electrons. The van der Waals surface area contributed by atoms with E-state index in [0.29, 0.717) is 23.2 Å². The first-order valence-electron chi connectivity index (χ1n) is 9.50. The Morgan fingerprint density at radius 1 is 0.759 bits per heavy atom. The summed E-state index contributed by atoms with van der Waals surface area (Å²) in [5, 5.41) is 2.91. The average Bonchev–Trinajstić information content (AvgIpc) is 3.00. The number of hydrogen-bond acceptors (Lipinski definition) is 3. The Morgan fingerprint density at radius 2 is 1.38 bits per heavy atom. The van der Waals surface area contributed by atoms with Gasteiger partial charge in [-0.2, -0.15) is 0 Å². The lowest BCUT2D eigenvalue weighted by Crippen LogP contribution is -2.29. The van der Waals surface area contributed by atoms with Gasteiger partial charge in [-0.3, -0.25) is 19.3 Å². The molecule has 1 aliphatic heterocycles.